The number of benzene rings is 1. The van der Waals surface area contributed by atoms with Crippen LogP contribution in [-0.4, -0.2) is 54.2 Å². The molecule has 1 aromatic carbocycles. The fraction of sp³-hybridized carbons (Fsp3) is 0.478. The van der Waals surface area contributed by atoms with Crippen LogP contribution in [0.2, 0.25) is 0 Å². The van der Waals surface area contributed by atoms with Gasteiger partial charge in [0.05, 0.1) is 12.8 Å². The number of nitrogens with zero attached hydrogens (tertiary/aromatic N) is 4. The monoisotopic (exact) mass is 408 g/mol. The van der Waals surface area contributed by atoms with Gasteiger partial charge in [-0.1, -0.05) is 17.8 Å². The number of rotatable bonds is 4. The van der Waals surface area contributed by atoms with Gasteiger partial charge >= 0.3 is 0 Å². The van der Waals surface area contributed by atoms with Gasteiger partial charge < -0.3 is 14.5 Å². The fourth-order valence-corrected chi connectivity index (χ4v) is 5.56. The zero-order chi connectivity index (χ0) is 19.6. The first kappa shape index (κ1) is 18.8. The molecular weight excluding hydrogens is 380 g/mol. The van der Waals surface area contributed by atoms with Gasteiger partial charge in [0.25, 0.3) is 0 Å². The molecular formula is C23H28N4OS. The normalized spacial score (nSPS) is 19.0. The average molecular weight is 409 g/mol. The maximum Gasteiger partial charge on any atom is 0.187 e. The Morgan fingerprint density at radius 3 is 2.38 bits per heavy atom. The van der Waals surface area contributed by atoms with Crippen LogP contribution in [0.1, 0.15) is 32.1 Å². The summed E-state index contributed by atoms with van der Waals surface area (Å²) in [5.41, 5.74) is 3.09. The first-order chi connectivity index (χ1) is 14.3. The number of hydrogen-bond donors (Lipinski definition) is 0. The van der Waals surface area contributed by atoms with E-state index in [0.717, 1.165) is 51.6 Å². The van der Waals surface area contributed by atoms with Gasteiger partial charge in [0.15, 0.2) is 5.13 Å². The van der Waals surface area contributed by atoms with Gasteiger partial charge in [0.1, 0.15) is 16.1 Å². The molecule has 5 nitrogen and oxygen atoms in total. The molecule has 0 unspecified atom stereocenters. The Balaban J connectivity index is 1.30. The molecule has 0 radical (unpaired) electrons. The van der Waals surface area contributed by atoms with Crippen LogP contribution in [0.5, 0.6) is 5.75 Å². The lowest BCUT2D eigenvalue weighted by atomic mass is 10.0. The number of ether oxygens (including phenoxy) is 1. The van der Waals surface area contributed by atoms with Crippen molar-refractivity contribution in [2.45, 2.75) is 38.1 Å². The quantitative estimate of drug-likeness (QED) is 0.619. The summed E-state index contributed by atoms with van der Waals surface area (Å²) in [6, 6.07) is 13.0. The summed E-state index contributed by atoms with van der Waals surface area (Å²) >= 11 is 1.72. The first-order valence-corrected chi connectivity index (χ1v) is 11.5. The highest BCUT2D eigenvalue weighted by molar-refractivity contribution is 7.21. The molecule has 152 valence electrons. The molecule has 0 amide bonds. The highest BCUT2D eigenvalue weighted by Gasteiger charge is 2.27. The van der Waals surface area contributed by atoms with Crippen LogP contribution < -0.4 is 9.64 Å². The molecule has 0 aliphatic carbocycles. The van der Waals surface area contributed by atoms with Gasteiger partial charge in [-0.05, 0) is 75.2 Å². The second-order valence-electron chi connectivity index (χ2n) is 8.06. The number of piperidine rings is 2. The summed E-state index contributed by atoms with van der Waals surface area (Å²) in [6.07, 6.45) is 6.66. The van der Waals surface area contributed by atoms with Crippen LogP contribution >= 0.6 is 11.3 Å². The van der Waals surface area contributed by atoms with Crippen molar-refractivity contribution >= 4 is 26.8 Å². The van der Waals surface area contributed by atoms with Gasteiger partial charge in [-0.15, -0.1) is 0 Å². The van der Waals surface area contributed by atoms with Crippen molar-refractivity contribution in [3.8, 4) is 17.0 Å². The van der Waals surface area contributed by atoms with Crippen molar-refractivity contribution in [2.24, 2.45) is 0 Å². The lowest BCUT2D eigenvalue weighted by Gasteiger charge is -2.40. The summed E-state index contributed by atoms with van der Waals surface area (Å²) < 4.78 is 5.26. The lowest BCUT2D eigenvalue weighted by molar-refractivity contribution is 0.141. The predicted molar refractivity (Wildman–Crippen MR) is 120 cm³/mol. The van der Waals surface area contributed by atoms with E-state index in [9.17, 15) is 0 Å². The third-order valence-corrected chi connectivity index (χ3v) is 7.30. The predicted octanol–water partition coefficient (Wildman–Crippen LogP) is 4.82. The van der Waals surface area contributed by atoms with E-state index in [4.69, 9.17) is 14.7 Å². The second-order valence-corrected chi connectivity index (χ2v) is 9.02. The molecule has 3 aromatic rings. The van der Waals surface area contributed by atoms with Gasteiger partial charge in [-0.2, -0.15) is 0 Å². The van der Waals surface area contributed by atoms with Crippen molar-refractivity contribution in [2.75, 3.05) is 38.2 Å². The molecule has 6 heteroatoms. The minimum atomic E-state index is 0.765. The van der Waals surface area contributed by atoms with E-state index >= 15 is 0 Å². The number of aromatic nitrogens is 2. The average Bonchev–Trinajstić information content (AvgIpc) is 3.23. The zero-order valence-corrected chi connectivity index (χ0v) is 17.8. The van der Waals surface area contributed by atoms with Gasteiger partial charge in [-0.3, -0.25) is 0 Å². The van der Waals surface area contributed by atoms with E-state index in [0.29, 0.717) is 0 Å². The third-order valence-electron chi connectivity index (χ3n) is 6.27. The van der Waals surface area contributed by atoms with E-state index in [1.165, 1.54) is 45.2 Å². The zero-order valence-electron chi connectivity index (χ0n) is 17.0. The lowest BCUT2D eigenvalue weighted by Crippen LogP contribution is -2.46. The number of hydrogen-bond acceptors (Lipinski definition) is 6. The molecule has 4 heterocycles. The molecule has 2 aromatic heterocycles. The summed E-state index contributed by atoms with van der Waals surface area (Å²) in [7, 11) is 1.69. The van der Waals surface area contributed by atoms with Crippen LogP contribution in [0.3, 0.4) is 0 Å². The van der Waals surface area contributed by atoms with Crippen LogP contribution in [0.15, 0.2) is 36.4 Å². The largest absolute Gasteiger partial charge is 0.497 e. The number of thiazole rings is 1. The maximum absolute atomic E-state index is 5.26. The van der Waals surface area contributed by atoms with Gasteiger partial charge in [-0.25, -0.2) is 9.97 Å². The molecule has 0 atom stereocenters. The Hall–Kier alpha value is -2.18. The molecule has 2 aliphatic rings. The third kappa shape index (κ3) is 3.96. The number of likely N-dealkylation sites (tertiary alicyclic amines) is 1. The summed E-state index contributed by atoms with van der Waals surface area (Å²) in [4.78, 5) is 16.0. The van der Waals surface area contributed by atoms with Gasteiger partial charge in [0, 0.05) is 24.7 Å². The molecule has 2 aliphatic heterocycles. The Kier molecular flexibility index (Phi) is 5.38. The van der Waals surface area contributed by atoms with Crippen molar-refractivity contribution in [1.82, 2.24) is 14.9 Å². The van der Waals surface area contributed by atoms with Crippen molar-refractivity contribution in [3.63, 3.8) is 0 Å². The van der Waals surface area contributed by atoms with Crippen molar-refractivity contribution in [3.05, 3.63) is 36.4 Å². The molecule has 2 saturated heterocycles. The van der Waals surface area contributed by atoms with Crippen LogP contribution in [0.25, 0.3) is 21.6 Å². The van der Waals surface area contributed by atoms with Crippen LogP contribution in [0.4, 0.5) is 5.13 Å². The topological polar surface area (TPSA) is 41.5 Å². The van der Waals surface area contributed by atoms with E-state index in [2.05, 4.69) is 34.1 Å². The number of methoxy groups -OCH3 is 1. The van der Waals surface area contributed by atoms with E-state index in [1.54, 1.807) is 18.4 Å². The number of pyridine rings is 1. The van der Waals surface area contributed by atoms with Gasteiger partial charge in [0.2, 0.25) is 0 Å². The Bertz CT molecular complexity index is 957. The van der Waals surface area contributed by atoms with Crippen LogP contribution in [-0.2, 0) is 0 Å². The van der Waals surface area contributed by atoms with E-state index in [-0.39, 0.29) is 0 Å². The highest BCUT2D eigenvalue weighted by Crippen LogP contribution is 2.32. The minimum Gasteiger partial charge on any atom is -0.497 e. The molecule has 0 N–H and O–H groups in total. The smallest absolute Gasteiger partial charge is 0.187 e. The molecule has 0 bridgehead atoms. The molecule has 0 spiro atoms. The summed E-state index contributed by atoms with van der Waals surface area (Å²) in [5.74, 6) is 0.864. The highest BCUT2D eigenvalue weighted by atomic mass is 32.1. The Morgan fingerprint density at radius 1 is 0.897 bits per heavy atom. The second kappa shape index (κ2) is 8.28. The molecule has 0 saturated carbocycles. The van der Waals surface area contributed by atoms with Crippen molar-refractivity contribution < 1.29 is 4.74 Å². The standard InChI is InChI=1S/C23H28N4OS/c1-28-19-7-5-17(6-8-19)20-9-10-21-22(24-20)29-23(25-21)27-15-11-18(12-16-27)26-13-3-2-4-14-26/h5-10,18H,2-4,11-16H2,1H3. The Labute approximate surface area is 176 Å². The number of anilines is 1. The molecule has 2 fully saturated rings. The summed E-state index contributed by atoms with van der Waals surface area (Å²) in [6.45, 7) is 4.80. The molecule has 5 rings (SSSR count). The first-order valence-electron chi connectivity index (χ1n) is 10.7. The Morgan fingerprint density at radius 2 is 1.66 bits per heavy atom. The number of fused-ring (bicyclic) bond motifs is 1. The SMILES string of the molecule is COc1ccc(-c2ccc3nc(N4CCC(N5CCCCC5)CC4)sc3n2)cc1. The maximum atomic E-state index is 5.26. The molecule has 29 heavy (non-hydrogen) atoms. The van der Waals surface area contributed by atoms with Crippen molar-refractivity contribution in [1.29, 1.82) is 0 Å². The van der Waals surface area contributed by atoms with E-state index < -0.39 is 0 Å². The minimum absolute atomic E-state index is 0.765. The fourth-order valence-electron chi connectivity index (χ4n) is 4.57. The summed E-state index contributed by atoms with van der Waals surface area (Å²) in [5, 5.41) is 1.12. The van der Waals surface area contributed by atoms with E-state index in [1.807, 2.05) is 12.1 Å². The van der Waals surface area contributed by atoms with Crippen LogP contribution in [0, 0.1) is 0 Å².